The Morgan fingerprint density at radius 3 is 2.76 bits per heavy atom. The maximum absolute atomic E-state index is 12.6. The number of thiazole rings is 1. The van der Waals surface area contributed by atoms with Crippen LogP contribution < -0.4 is 10.2 Å². The van der Waals surface area contributed by atoms with Crippen LogP contribution in [-0.2, 0) is 13.0 Å². The molecule has 3 rings (SSSR count). The number of hydrogen-bond acceptors (Lipinski definition) is 4. The van der Waals surface area contributed by atoms with E-state index in [1.807, 2.05) is 25.1 Å². The van der Waals surface area contributed by atoms with Crippen molar-refractivity contribution in [3.63, 3.8) is 0 Å². The van der Waals surface area contributed by atoms with Crippen LogP contribution in [0, 0.1) is 6.92 Å². The molecule has 1 amide bonds. The summed E-state index contributed by atoms with van der Waals surface area (Å²) in [7, 11) is 0. The second kappa shape index (κ2) is 8.19. The summed E-state index contributed by atoms with van der Waals surface area (Å²) in [5.74, 6) is -0.130. The minimum Gasteiger partial charge on any atom is -0.372 e. The summed E-state index contributed by atoms with van der Waals surface area (Å²) < 4.78 is 0. The lowest BCUT2D eigenvalue weighted by molar-refractivity contribution is 0.0951. The van der Waals surface area contributed by atoms with Gasteiger partial charge in [-0.05, 0) is 50.8 Å². The zero-order chi connectivity index (χ0) is 17.8. The van der Waals surface area contributed by atoms with E-state index in [1.165, 1.54) is 19.3 Å². The molecule has 1 fully saturated rings. The van der Waals surface area contributed by atoms with Gasteiger partial charge in [0, 0.05) is 23.7 Å². The van der Waals surface area contributed by atoms with Gasteiger partial charge >= 0.3 is 0 Å². The SMILES string of the molecule is CCc1nc(C)c(CNC(=O)c2cc(N3CCCCC3)ccc2Cl)s1. The second-order valence-corrected chi connectivity index (χ2v) is 7.94. The first kappa shape index (κ1) is 18.2. The van der Waals surface area contributed by atoms with E-state index in [4.69, 9.17) is 11.6 Å². The first-order valence-electron chi connectivity index (χ1n) is 8.86. The summed E-state index contributed by atoms with van der Waals surface area (Å²) in [6.07, 6.45) is 4.61. The molecule has 0 bridgehead atoms. The Balaban J connectivity index is 1.71. The van der Waals surface area contributed by atoms with Crippen LogP contribution in [0.25, 0.3) is 0 Å². The van der Waals surface area contributed by atoms with Crippen molar-refractivity contribution in [2.75, 3.05) is 18.0 Å². The zero-order valence-electron chi connectivity index (χ0n) is 14.8. The summed E-state index contributed by atoms with van der Waals surface area (Å²) in [5.41, 5.74) is 2.62. The van der Waals surface area contributed by atoms with E-state index >= 15 is 0 Å². The fourth-order valence-corrected chi connectivity index (χ4v) is 4.25. The van der Waals surface area contributed by atoms with Gasteiger partial charge < -0.3 is 10.2 Å². The number of carbonyl (C=O) groups excluding carboxylic acids is 1. The van der Waals surface area contributed by atoms with Gasteiger partial charge in [0.25, 0.3) is 5.91 Å². The predicted octanol–water partition coefficient (Wildman–Crippen LogP) is 4.59. The monoisotopic (exact) mass is 377 g/mol. The number of piperidine rings is 1. The third-order valence-corrected chi connectivity index (χ3v) is 6.20. The lowest BCUT2D eigenvalue weighted by Gasteiger charge is -2.29. The van der Waals surface area contributed by atoms with E-state index < -0.39 is 0 Å². The predicted molar refractivity (Wildman–Crippen MR) is 105 cm³/mol. The van der Waals surface area contributed by atoms with Crippen molar-refractivity contribution in [2.45, 2.75) is 46.1 Å². The van der Waals surface area contributed by atoms with Crippen molar-refractivity contribution >= 4 is 34.5 Å². The highest BCUT2D eigenvalue weighted by molar-refractivity contribution is 7.11. The van der Waals surface area contributed by atoms with Crippen molar-refractivity contribution in [1.29, 1.82) is 0 Å². The molecule has 4 nitrogen and oxygen atoms in total. The van der Waals surface area contributed by atoms with Crippen molar-refractivity contribution in [3.05, 3.63) is 44.4 Å². The van der Waals surface area contributed by atoms with Crippen LogP contribution in [0.4, 0.5) is 5.69 Å². The van der Waals surface area contributed by atoms with Crippen molar-refractivity contribution < 1.29 is 4.79 Å². The number of carbonyl (C=O) groups is 1. The molecule has 1 aliphatic rings. The number of benzene rings is 1. The Kier molecular flexibility index (Phi) is 5.97. The number of nitrogens with zero attached hydrogens (tertiary/aromatic N) is 2. The van der Waals surface area contributed by atoms with Crippen LogP contribution in [0.1, 0.15) is 52.1 Å². The van der Waals surface area contributed by atoms with Crippen LogP contribution in [0.2, 0.25) is 5.02 Å². The molecule has 1 saturated heterocycles. The minimum atomic E-state index is -0.130. The zero-order valence-corrected chi connectivity index (χ0v) is 16.3. The van der Waals surface area contributed by atoms with Gasteiger partial charge in [-0.3, -0.25) is 4.79 Å². The average molecular weight is 378 g/mol. The minimum absolute atomic E-state index is 0.130. The van der Waals surface area contributed by atoms with E-state index in [9.17, 15) is 4.79 Å². The molecule has 0 spiro atoms. The molecule has 0 atom stereocenters. The van der Waals surface area contributed by atoms with Gasteiger partial charge in [-0.1, -0.05) is 18.5 Å². The summed E-state index contributed by atoms with van der Waals surface area (Å²) in [5, 5.41) is 4.59. The van der Waals surface area contributed by atoms with Gasteiger partial charge in [0.1, 0.15) is 0 Å². The number of aryl methyl sites for hydroxylation is 2. The van der Waals surface area contributed by atoms with Gasteiger partial charge in [0.2, 0.25) is 0 Å². The molecule has 0 saturated carbocycles. The topological polar surface area (TPSA) is 45.2 Å². The van der Waals surface area contributed by atoms with Crippen LogP contribution in [-0.4, -0.2) is 24.0 Å². The summed E-state index contributed by atoms with van der Waals surface area (Å²) >= 11 is 7.94. The first-order valence-corrected chi connectivity index (χ1v) is 10.1. The maximum Gasteiger partial charge on any atom is 0.253 e. The number of nitrogens with one attached hydrogen (secondary N) is 1. The highest BCUT2D eigenvalue weighted by Gasteiger charge is 2.16. The van der Waals surface area contributed by atoms with E-state index in [-0.39, 0.29) is 5.91 Å². The summed E-state index contributed by atoms with van der Waals surface area (Å²) in [6, 6.07) is 5.75. The van der Waals surface area contributed by atoms with Crippen molar-refractivity contribution in [3.8, 4) is 0 Å². The van der Waals surface area contributed by atoms with Crippen molar-refractivity contribution in [2.24, 2.45) is 0 Å². The number of aromatic nitrogens is 1. The fraction of sp³-hybridized carbons (Fsp3) is 0.474. The number of anilines is 1. The molecule has 0 aliphatic carbocycles. The van der Waals surface area contributed by atoms with Crippen LogP contribution >= 0.6 is 22.9 Å². The number of amides is 1. The lowest BCUT2D eigenvalue weighted by Crippen LogP contribution is -2.30. The van der Waals surface area contributed by atoms with Gasteiger partial charge in [-0.2, -0.15) is 0 Å². The second-order valence-electron chi connectivity index (χ2n) is 6.36. The Morgan fingerprint density at radius 2 is 2.08 bits per heavy atom. The molecule has 6 heteroatoms. The highest BCUT2D eigenvalue weighted by Crippen LogP contribution is 2.26. The van der Waals surface area contributed by atoms with Crippen molar-refractivity contribution in [1.82, 2.24) is 10.3 Å². The Hall–Kier alpha value is -1.59. The van der Waals surface area contributed by atoms with Crippen LogP contribution in [0.5, 0.6) is 0 Å². The van der Waals surface area contributed by atoms with Crippen LogP contribution in [0.15, 0.2) is 18.2 Å². The molecule has 0 radical (unpaired) electrons. The molecule has 1 aromatic carbocycles. The maximum atomic E-state index is 12.6. The smallest absolute Gasteiger partial charge is 0.253 e. The standard InChI is InChI=1S/C19H24ClN3OS/c1-3-18-22-13(2)17(25-18)12-21-19(24)15-11-14(7-8-16(15)20)23-9-5-4-6-10-23/h7-8,11H,3-6,9-10,12H2,1-2H3,(H,21,24). The molecule has 134 valence electrons. The van der Waals surface area contributed by atoms with E-state index in [1.54, 1.807) is 11.3 Å². The average Bonchev–Trinajstić information content (AvgIpc) is 3.01. The first-order chi connectivity index (χ1) is 12.1. The molecule has 2 aromatic rings. The van der Waals surface area contributed by atoms with Gasteiger partial charge in [-0.15, -0.1) is 11.3 Å². The molecule has 1 aliphatic heterocycles. The Morgan fingerprint density at radius 1 is 1.32 bits per heavy atom. The fourth-order valence-electron chi connectivity index (χ4n) is 3.10. The molecule has 0 unspecified atom stereocenters. The molecule has 25 heavy (non-hydrogen) atoms. The molecule has 1 N–H and O–H groups in total. The molecular weight excluding hydrogens is 354 g/mol. The highest BCUT2D eigenvalue weighted by atomic mass is 35.5. The van der Waals surface area contributed by atoms with Gasteiger partial charge in [0.15, 0.2) is 0 Å². The summed E-state index contributed by atoms with van der Waals surface area (Å²) in [4.78, 5) is 20.6. The van der Waals surface area contributed by atoms with E-state index in [0.717, 1.165) is 40.8 Å². The largest absolute Gasteiger partial charge is 0.372 e. The number of hydrogen-bond donors (Lipinski definition) is 1. The van der Waals surface area contributed by atoms with Gasteiger partial charge in [-0.25, -0.2) is 4.98 Å². The third-order valence-electron chi connectivity index (χ3n) is 4.56. The normalized spacial score (nSPS) is 14.6. The third kappa shape index (κ3) is 4.33. The summed E-state index contributed by atoms with van der Waals surface area (Å²) in [6.45, 7) is 6.66. The quantitative estimate of drug-likeness (QED) is 0.828. The van der Waals surface area contributed by atoms with E-state index in [0.29, 0.717) is 17.1 Å². The molecule has 1 aromatic heterocycles. The van der Waals surface area contributed by atoms with Crippen LogP contribution in [0.3, 0.4) is 0 Å². The Labute approximate surface area is 158 Å². The lowest BCUT2D eigenvalue weighted by atomic mass is 10.1. The van der Waals surface area contributed by atoms with E-state index in [2.05, 4.69) is 22.1 Å². The number of rotatable bonds is 5. The molecule has 2 heterocycles. The molecular formula is C19H24ClN3OS. The number of halogens is 1. The Bertz CT molecular complexity index is 753. The van der Waals surface area contributed by atoms with Gasteiger partial charge in [0.05, 0.1) is 27.8 Å².